The van der Waals surface area contributed by atoms with Crippen molar-refractivity contribution in [3.8, 4) is 11.1 Å². The maximum atomic E-state index is 2.74. The highest BCUT2D eigenvalue weighted by Crippen LogP contribution is 2.57. The lowest BCUT2D eigenvalue weighted by Crippen LogP contribution is -2.61. The molecule has 2 unspecified atom stereocenters. The van der Waals surface area contributed by atoms with Crippen LogP contribution < -0.4 is 25.5 Å². The Bertz CT molecular complexity index is 3210. The van der Waals surface area contributed by atoms with Gasteiger partial charge in [-0.1, -0.05) is 204 Å². The molecule has 2 aliphatic heterocycles. The minimum Gasteiger partial charge on any atom is -0.311 e. The van der Waals surface area contributed by atoms with E-state index >= 15 is 0 Å². The van der Waals surface area contributed by atoms with Gasteiger partial charge in [-0.05, 0) is 151 Å². The van der Waals surface area contributed by atoms with E-state index < -0.39 is 0 Å². The van der Waals surface area contributed by atoms with Gasteiger partial charge in [0.15, 0.2) is 0 Å². The Morgan fingerprint density at radius 1 is 0.543 bits per heavy atom. The molecule has 0 bridgehead atoms. The topological polar surface area (TPSA) is 6.48 Å². The maximum Gasteiger partial charge on any atom is 0.264 e. The summed E-state index contributed by atoms with van der Waals surface area (Å²) >= 11 is 2.12. The van der Waals surface area contributed by atoms with E-state index in [2.05, 4.69) is 267 Å². The third-order valence-electron chi connectivity index (χ3n) is 16.3. The first-order chi connectivity index (χ1) is 33.4. The standard InChI is InChI=1S/C66H69BN2S/c1-43(45-23-17-13-18-24-45)53(39-44-21-15-12-16-22-44)48-40-56-59-57(41-48)69(52-32-27-47(28-33-52)46-25-19-14-20-26-46)60-58-61(66(10,11)38-37-65(58,8)9)70-62(60)67(59)54-42-50(64(5,6)7)31-36-55(54)68(56)51-34-29-49(30-35-51)63(2,3)4/h12-36,40-43,53H,37-39H2,1-11H3. The number of benzene rings is 7. The molecule has 0 amide bonds. The van der Waals surface area contributed by atoms with Crippen LogP contribution in [0.5, 0.6) is 0 Å². The first kappa shape index (κ1) is 46.3. The molecule has 2 nitrogen and oxygen atoms in total. The Morgan fingerprint density at radius 2 is 1.07 bits per heavy atom. The summed E-state index contributed by atoms with van der Waals surface area (Å²) in [5.41, 5.74) is 21.4. The van der Waals surface area contributed by atoms with Crippen molar-refractivity contribution in [2.45, 2.75) is 129 Å². The van der Waals surface area contributed by atoms with Crippen LogP contribution in [0.4, 0.5) is 34.1 Å². The Kier molecular flexibility index (Phi) is 11.3. The summed E-state index contributed by atoms with van der Waals surface area (Å²) in [6, 6.07) is 65.1. The number of anilines is 6. The fraction of sp³-hybridized carbons (Fsp3) is 0.303. The SMILES string of the molecule is CC(c1ccccc1)C(Cc1ccccc1)c1cc2c3c(c1)N(c1ccc(-c4ccccc4)cc1)c1c(sc4c1C(C)(C)CCC4(C)C)B3c1cc(C(C)(C)C)ccc1N2c1ccc(C(C)(C)C)cc1. The molecule has 3 aliphatic rings. The molecule has 0 N–H and O–H groups in total. The molecule has 0 spiro atoms. The van der Waals surface area contributed by atoms with Crippen molar-refractivity contribution < 1.29 is 0 Å². The molecule has 8 aromatic rings. The summed E-state index contributed by atoms with van der Waals surface area (Å²) in [7, 11) is 0. The molecule has 0 fully saturated rings. The monoisotopic (exact) mass is 933 g/mol. The van der Waals surface area contributed by atoms with Gasteiger partial charge in [0.25, 0.3) is 6.71 Å². The number of rotatable bonds is 8. The summed E-state index contributed by atoms with van der Waals surface area (Å²) in [4.78, 5) is 6.94. The van der Waals surface area contributed by atoms with Crippen molar-refractivity contribution in [2.24, 2.45) is 0 Å². The number of hydrogen-bond donors (Lipinski definition) is 0. The highest BCUT2D eigenvalue weighted by molar-refractivity contribution is 7.29. The molecular formula is C66H69BN2S. The van der Waals surface area contributed by atoms with Crippen LogP contribution in [0.1, 0.15) is 139 Å². The molecule has 3 heterocycles. The fourth-order valence-corrected chi connectivity index (χ4v) is 13.7. The predicted molar refractivity (Wildman–Crippen MR) is 304 cm³/mol. The molecule has 1 aromatic heterocycles. The molecule has 4 heteroatoms. The van der Waals surface area contributed by atoms with Gasteiger partial charge in [0.05, 0.1) is 5.69 Å². The van der Waals surface area contributed by atoms with Gasteiger partial charge in [-0.3, -0.25) is 0 Å². The summed E-state index contributed by atoms with van der Waals surface area (Å²) < 4.78 is 1.48. The van der Waals surface area contributed by atoms with Gasteiger partial charge in [-0.25, -0.2) is 0 Å². The van der Waals surface area contributed by atoms with Gasteiger partial charge in [-0.15, -0.1) is 0 Å². The lowest BCUT2D eigenvalue weighted by molar-refractivity contribution is 0.339. The Labute approximate surface area is 423 Å². The third kappa shape index (κ3) is 7.95. The normalized spacial score (nSPS) is 16.5. The van der Waals surface area contributed by atoms with Crippen molar-refractivity contribution in [3.63, 3.8) is 0 Å². The second-order valence-corrected chi connectivity index (χ2v) is 25.1. The molecule has 0 saturated heterocycles. The van der Waals surface area contributed by atoms with Gasteiger partial charge in [0, 0.05) is 38.1 Å². The number of hydrogen-bond acceptors (Lipinski definition) is 3. The summed E-state index contributed by atoms with van der Waals surface area (Å²) in [5, 5.41) is 0. The molecule has 7 aromatic carbocycles. The zero-order valence-electron chi connectivity index (χ0n) is 43.3. The van der Waals surface area contributed by atoms with Crippen molar-refractivity contribution in [2.75, 3.05) is 9.80 Å². The van der Waals surface area contributed by atoms with Crippen LogP contribution in [-0.4, -0.2) is 6.71 Å². The van der Waals surface area contributed by atoms with Crippen LogP contribution >= 0.6 is 11.3 Å². The minimum absolute atomic E-state index is 0.0155. The van der Waals surface area contributed by atoms with Crippen molar-refractivity contribution in [3.05, 3.63) is 208 Å². The molecular weight excluding hydrogens is 864 g/mol. The van der Waals surface area contributed by atoms with E-state index in [0.717, 1.165) is 12.8 Å². The van der Waals surface area contributed by atoms with Crippen LogP contribution in [0, 0.1) is 0 Å². The highest BCUT2D eigenvalue weighted by Gasteiger charge is 2.51. The van der Waals surface area contributed by atoms with Gasteiger partial charge in [0.2, 0.25) is 0 Å². The van der Waals surface area contributed by atoms with Crippen molar-refractivity contribution >= 4 is 67.9 Å². The van der Waals surface area contributed by atoms with E-state index in [1.165, 1.54) is 95.2 Å². The maximum absolute atomic E-state index is 2.74. The van der Waals surface area contributed by atoms with Gasteiger partial charge >= 0.3 is 0 Å². The Hall–Kier alpha value is -6.10. The van der Waals surface area contributed by atoms with E-state index in [1.807, 2.05) is 0 Å². The van der Waals surface area contributed by atoms with Crippen LogP contribution in [0.15, 0.2) is 170 Å². The van der Waals surface area contributed by atoms with E-state index in [1.54, 1.807) is 10.4 Å². The van der Waals surface area contributed by atoms with Gasteiger partial charge in [0.1, 0.15) is 0 Å². The lowest BCUT2D eigenvalue weighted by Gasteiger charge is -2.46. The van der Waals surface area contributed by atoms with E-state index in [-0.39, 0.29) is 40.2 Å². The zero-order chi connectivity index (χ0) is 48.9. The number of fused-ring (bicyclic) bond motifs is 6. The predicted octanol–water partition coefficient (Wildman–Crippen LogP) is 16.6. The van der Waals surface area contributed by atoms with Gasteiger partial charge in [-0.2, -0.15) is 11.3 Å². The van der Waals surface area contributed by atoms with Crippen molar-refractivity contribution in [1.29, 1.82) is 0 Å². The average molecular weight is 933 g/mol. The second kappa shape index (κ2) is 17.1. The quantitative estimate of drug-likeness (QED) is 0.140. The molecule has 0 saturated carbocycles. The molecule has 1 aliphatic carbocycles. The smallest absolute Gasteiger partial charge is 0.264 e. The minimum atomic E-state index is -0.0257. The number of thiophene rings is 1. The molecule has 0 radical (unpaired) electrons. The molecule has 11 rings (SSSR count). The summed E-state index contributed by atoms with van der Waals surface area (Å²) in [6.45, 7) is 26.6. The van der Waals surface area contributed by atoms with Crippen LogP contribution in [0.3, 0.4) is 0 Å². The molecule has 2 atom stereocenters. The Morgan fingerprint density at radius 3 is 1.70 bits per heavy atom. The first-order valence-corrected chi connectivity index (χ1v) is 26.7. The Balaban J connectivity index is 1.26. The zero-order valence-corrected chi connectivity index (χ0v) is 44.1. The molecule has 70 heavy (non-hydrogen) atoms. The lowest BCUT2D eigenvalue weighted by atomic mass is 9.35. The first-order valence-electron chi connectivity index (χ1n) is 25.8. The highest BCUT2D eigenvalue weighted by atomic mass is 32.1. The molecule has 352 valence electrons. The summed E-state index contributed by atoms with van der Waals surface area (Å²) in [5.74, 6) is 0.439. The number of nitrogens with zero attached hydrogens (tertiary/aromatic N) is 2. The third-order valence-corrected chi connectivity index (χ3v) is 17.9. The second-order valence-electron chi connectivity index (χ2n) is 24.1. The van der Waals surface area contributed by atoms with E-state index in [9.17, 15) is 0 Å². The van der Waals surface area contributed by atoms with Crippen LogP contribution in [0.25, 0.3) is 11.1 Å². The van der Waals surface area contributed by atoms with E-state index in [4.69, 9.17) is 0 Å². The van der Waals surface area contributed by atoms with E-state index in [0.29, 0.717) is 0 Å². The van der Waals surface area contributed by atoms with Crippen LogP contribution in [-0.2, 0) is 28.1 Å². The summed E-state index contributed by atoms with van der Waals surface area (Å²) in [6.07, 6.45) is 3.25. The average Bonchev–Trinajstić information content (AvgIpc) is 3.78. The largest absolute Gasteiger partial charge is 0.311 e. The van der Waals surface area contributed by atoms with Gasteiger partial charge < -0.3 is 9.80 Å². The van der Waals surface area contributed by atoms with Crippen LogP contribution in [0.2, 0.25) is 0 Å². The van der Waals surface area contributed by atoms with Crippen molar-refractivity contribution in [1.82, 2.24) is 0 Å². The fourth-order valence-electron chi connectivity index (χ4n) is 12.0.